The van der Waals surface area contributed by atoms with Crippen LogP contribution in [0.5, 0.6) is 5.75 Å². The Bertz CT molecular complexity index is 1630. The van der Waals surface area contributed by atoms with Crippen LogP contribution in [0.1, 0.15) is 42.7 Å². The lowest BCUT2D eigenvalue weighted by Crippen LogP contribution is -2.16. The van der Waals surface area contributed by atoms with E-state index < -0.39 is 15.9 Å². The highest BCUT2D eigenvalue weighted by Crippen LogP contribution is 2.32. The van der Waals surface area contributed by atoms with Gasteiger partial charge in [-0.05, 0) is 89.7 Å². The van der Waals surface area contributed by atoms with Gasteiger partial charge in [-0.2, -0.15) is 0 Å². The molecule has 1 aliphatic rings. The van der Waals surface area contributed by atoms with Gasteiger partial charge in [0.1, 0.15) is 11.9 Å². The molecular weight excluding hydrogens is 524 g/mol. The van der Waals surface area contributed by atoms with Crippen molar-refractivity contribution >= 4 is 27.5 Å². The van der Waals surface area contributed by atoms with Gasteiger partial charge in [-0.25, -0.2) is 8.42 Å². The number of nitrogens with zero attached hydrogens (tertiary/aromatic N) is 1. The minimum absolute atomic E-state index is 0.0954. The average molecular weight is 555 g/mol. The number of nitrogens with one attached hydrogen (secondary N) is 1. The number of sulfone groups is 1. The third kappa shape index (κ3) is 6.14. The zero-order valence-electron chi connectivity index (χ0n) is 22.1. The first-order valence-electron chi connectivity index (χ1n) is 13.1. The quantitative estimate of drug-likeness (QED) is 0.284. The van der Waals surface area contributed by atoms with Crippen LogP contribution in [0, 0.1) is 0 Å². The molecule has 3 aromatic carbocycles. The molecule has 0 saturated heterocycles. The van der Waals surface area contributed by atoms with Gasteiger partial charge in [-0.15, -0.1) is 0 Å². The number of hydrogen-bond donors (Lipinski definition) is 2. The second kappa shape index (κ2) is 11.9. The van der Waals surface area contributed by atoms with E-state index in [1.165, 1.54) is 0 Å². The number of aliphatic hydroxyl groups excluding tert-OH is 1. The molecule has 1 unspecified atom stereocenters. The molecule has 2 N–H and O–H groups in total. The Balaban J connectivity index is 1.36. The Morgan fingerprint density at radius 1 is 1.00 bits per heavy atom. The van der Waals surface area contributed by atoms with Gasteiger partial charge in [0, 0.05) is 17.5 Å². The molecule has 2 heterocycles. The summed E-state index contributed by atoms with van der Waals surface area (Å²) in [5.74, 6) is 0.252. The summed E-state index contributed by atoms with van der Waals surface area (Å²) in [6.45, 7) is 2.69. The molecule has 0 spiro atoms. The highest BCUT2D eigenvalue weighted by atomic mass is 32.2. The molecule has 40 heavy (non-hydrogen) atoms. The number of carbonyl (C=O) groups is 1. The molecule has 1 aliphatic heterocycles. The highest BCUT2D eigenvalue weighted by molar-refractivity contribution is 7.91. The molecule has 5 rings (SSSR count). The lowest BCUT2D eigenvalue weighted by atomic mass is 10.0. The first-order valence-corrected chi connectivity index (χ1v) is 14.8. The van der Waals surface area contributed by atoms with Crippen LogP contribution in [-0.4, -0.2) is 36.8 Å². The topological polar surface area (TPSA) is 106 Å². The monoisotopic (exact) mass is 554 g/mol. The van der Waals surface area contributed by atoms with E-state index in [1.54, 1.807) is 72.9 Å². The number of rotatable bonds is 8. The second-order valence-corrected chi connectivity index (χ2v) is 11.7. The smallest absolute Gasteiger partial charge is 0.251 e. The Morgan fingerprint density at radius 2 is 1.75 bits per heavy atom. The van der Waals surface area contributed by atoms with E-state index >= 15 is 0 Å². The Hall–Kier alpha value is -4.27. The molecule has 1 atom stereocenters. The normalized spacial score (nSPS) is 14.8. The fraction of sp³-hybridized carbons (Fsp3) is 0.188. The fourth-order valence-corrected chi connectivity index (χ4v) is 6.01. The number of carbonyl (C=O) groups excluding carboxylic acids is 1. The summed E-state index contributed by atoms with van der Waals surface area (Å²) >= 11 is 0. The van der Waals surface area contributed by atoms with Gasteiger partial charge < -0.3 is 15.2 Å². The van der Waals surface area contributed by atoms with Gasteiger partial charge in [0.2, 0.25) is 0 Å². The van der Waals surface area contributed by atoms with Gasteiger partial charge >= 0.3 is 0 Å². The number of aromatic nitrogens is 1. The maximum Gasteiger partial charge on any atom is 0.251 e. The molecule has 1 aromatic heterocycles. The summed E-state index contributed by atoms with van der Waals surface area (Å²) in [6.07, 6.45) is 3.42. The van der Waals surface area contributed by atoms with Gasteiger partial charge in [0.25, 0.3) is 5.91 Å². The minimum atomic E-state index is -3.56. The van der Waals surface area contributed by atoms with Gasteiger partial charge in [0.15, 0.2) is 9.84 Å². The van der Waals surface area contributed by atoms with Crippen molar-refractivity contribution in [3.05, 3.63) is 114 Å². The zero-order valence-corrected chi connectivity index (χ0v) is 22.9. The maximum atomic E-state index is 13.2. The van der Waals surface area contributed by atoms with Gasteiger partial charge in [-0.1, -0.05) is 43.3 Å². The fourth-order valence-electron chi connectivity index (χ4n) is 4.55. The van der Waals surface area contributed by atoms with Crippen LogP contribution in [-0.2, 0) is 14.6 Å². The van der Waals surface area contributed by atoms with Crippen molar-refractivity contribution in [2.75, 3.05) is 17.7 Å². The Morgan fingerprint density at radius 3 is 2.45 bits per heavy atom. The van der Waals surface area contributed by atoms with E-state index in [0.29, 0.717) is 34.7 Å². The summed E-state index contributed by atoms with van der Waals surface area (Å²) in [4.78, 5) is 17.6. The molecule has 8 heteroatoms. The molecule has 0 radical (unpaired) electrons. The van der Waals surface area contributed by atoms with Crippen molar-refractivity contribution in [3.63, 3.8) is 0 Å². The van der Waals surface area contributed by atoms with E-state index in [0.717, 1.165) is 23.3 Å². The van der Waals surface area contributed by atoms with E-state index in [2.05, 4.69) is 10.3 Å². The summed E-state index contributed by atoms with van der Waals surface area (Å²) in [7, 11) is -3.56. The minimum Gasteiger partial charge on any atom is -0.494 e. The zero-order chi connectivity index (χ0) is 28.1. The SMILES string of the molecule is CCCOc1ccc(-c2ccc3c(c2)C=C(C(=O)Nc2ccc(C(O)c4ccccn4)cc2)CCS3(=O)=O)cc1. The summed E-state index contributed by atoms with van der Waals surface area (Å²) in [5, 5.41) is 13.4. The van der Waals surface area contributed by atoms with Crippen molar-refractivity contribution in [2.24, 2.45) is 0 Å². The van der Waals surface area contributed by atoms with E-state index in [-0.39, 0.29) is 23.0 Å². The van der Waals surface area contributed by atoms with Crippen molar-refractivity contribution < 1.29 is 23.1 Å². The van der Waals surface area contributed by atoms with Crippen molar-refractivity contribution in [1.82, 2.24) is 4.98 Å². The summed E-state index contributed by atoms with van der Waals surface area (Å²) in [6, 6.07) is 25.0. The molecule has 0 bridgehead atoms. The highest BCUT2D eigenvalue weighted by Gasteiger charge is 2.25. The molecular formula is C32H30N2O5S. The van der Waals surface area contributed by atoms with Crippen LogP contribution >= 0.6 is 0 Å². The van der Waals surface area contributed by atoms with Crippen LogP contribution in [0.3, 0.4) is 0 Å². The van der Waals surface area contributed by atoms with Crippen LogP contribution < -0.4 is 10.1 Å². The summed E-state index contributed by atoms with van der Waals surface area (Å²) < 4.78 is 31.7. The third-order valence-electron chi connectivity index (χ3n) is 6.72. The van der Waals surface area contributed by atoms with Crippen molar-refractivity contribution in [1.29, 1.82) is 0 Å². The van der Waals surface area contributed by atoms with E-state index in [9.17, 15) is 18.3 Å². The number of benzene rings is 3. The predicted octanol–water partition coefficient (Wildman–Crippen LogP) is 5.82. The van der Waals surface area contributed by atoms with Gasteiger partial charge in [0.05, 0.1) is 22.9 Å². The number of fused-ring (bicyclic) bond motifs is 1. The number of anilines is 1. The molecule has 1 amide bonds. The Kier molecular flexibility index (Phi) is 8.09. The van der Waals surface area contributed by atoms with Crippen molar-refractivity contribution in [3.8, 4) is 16.9 Å². The van der Waals surface area contributed by atoms with Crippen LogP contribution in [0.25, 0.3) is 17.2 Å². The standard InChI is InChI=1S/C32H30N2O5S/c1-2-18-39-28-13-8-22(9-14-28)24-10-15-30-26(20-24)21-25(16-19-40(30,37)38)32(36)34-27-11-6-23(7-12-27)31(35)29-5-3-4-17-33-29/h3-15,17,20-21,31,35H,2,16,18-19H2,1H3,(H,34,36). The third-order valence-corrected chi connectivity index (χ3v) is 8.50. The summed E-state index contributed by atoms with van der Waals surface area (Å²) in [5.41, 5.74) is 4.33. The molecule has 0 saturated carbocycles. The second-order valence-electron chi connectivity index (χ2n) is 9.60. The lowest BCUT2D eigenvalue weighted by Gasteiger charge is -2.12. The van der Waals surface area contributed by atoms with Gasteiger partial charge in [-0.3, -0.25) is 9.78 Å². The van der Waals surface area contributed by atoms with E-state index in [4.69, 9.17) is 4.74 Å². The van der Waals surface area contributed by atoms with Crippen LogP contribution in [0.4, 0.5) is 5.69 Å². The molecule has 0 fully saturated rings. The first kappa shape index (κ1) is 27.3. The first-order chi connectivity index (χ1) is 19.3. The van der Waals surface area contributed by atoms with Crippen LogP contribution in [0.2, 0.25) is 0 Å². The number of pyridine rings is 1. The molecule has 4 aromatic rings. The predicted molar refractivity (Wildman–Crippen MR) is 156 cm³/mol. The van der Waals surface area contributed by atoms with Crippen molar-refractivity contribution in [2.45, 2.75) is 30.8 Å². The number of hydrogen-bond acceptors (Lipinski definition) is 6. The average Bonchev–Trinajstić information content (AvgIpc) is 3.12. The number of aliphatic hydroxyl groups is 1. The lowest BCUT2D eigenvalue weighted by molar-refractivity contribution is -0.112. The largest absolute Gasteiger partial charge is 0.494 e. The maximum absolute atomic E-state index is 13.2. The molecule has 7 nitrogen and oxygen atoms in total. The molecule has 0 aliphatic carbocycles. The number of amides is 1. The molecule has 204 valence electrons. The Labute approximate surface area is 234 Å². The van der Waals surface area contributed by atoms with E-state index in [1.807, 2.05) is 31.2 Å². The number of ether oxygens (including phenoxy) is 1. The van der Waals surface area contributed by atoms with Crippen LogP contribution in [0.15, 0.2) is 102 Å².